The van der Waals surface area contributed by atoms with E-state index in [0.29, 0.717) is 0 Å². The summed E-state index contributed by atoms with van der Waals surface area (Å²) in [7, 11) is 0. The molecule has 0 unspecified atom stereocenters. The van der Waals surface area contributed by atoms with Gasteiger partial charge < -0.3 is 0 Å². The Balaban J connectivity index is 0.000000292. The summed E-state index contributed by atoms with van der Waals surface area (Å²) in [5.41, 5.74) is 0. The van der Waals surface area contributed by atoms with Crippen LogP contribution in [-0.4, -0.2) is 21.0 Å². The van der Waals surface area contributed by atoms with Crippen LogP contribution in [0.15, 0.2) is 6.33 Å². The first-order chi connectivity index (χ1) is 5.20. The molecule has 5 nitrogen and oxygen atoms in total. The van der Waals surface area contributed by atoms with E-state index in [1.807, 2.05) is 0 Å². The molecule has 1 aromatic heterocycles. The molecule has 0 amide bonds. The van der Waals surface area contributed by atoms with E-state index in [1.54, 1.807) is 0 Å². The van der Waals surface area contributed by atoms with Crippen LogP contribution in [0.4, 0.5) is 0 Å². The highest BCUT2D eigenvalue weighted by atomic mass is 35.5. The van der Waals surface area contributed by atoms with Crippen molar-refractivity contribution in [3.63, 3.8) is 0 Å². The number of halogens is 2. The van der Waals surface area contributed by atoms with Gasteiger partial charge in [0, 0.05) is 0 Å². The molecule has 0 bridgehead atoms. The van der Waals surface area contributed by atoms with Crippen molar-refractivity contribution in [3.8, 4) is 0 Å². The molecule has 58 valence electrons. The molecular formula is C4H2Cl2N4O. The summed E-state index contributed by atoms with van der Waals surface area (Å²) >= 11 is 10.6. The smallest absolute Gasteiger partial charge is 0.222 e. The first-order valence-electron chi connectivity index (χ1n) is 2.24. The Labute approximate surface area is 71.9 Å². The topological polar surface area (TPSA) is 79.6 Å². The predicted molar refractivity (Wildman–Crippen MR) is 38.3 cm³/mol. The lowest BCUT2D eigenvalue weighted by atomic mass is 11.1. The first-order valence-corrected chi connectivity index (χ1v) is 3.00. The Morgan fingerprint density at radius 1 is 1.36 bits per heavy atom. The average Bonchev–Trinajstić information content (AvgIpc) is 1.88. The Hall–Kier alpha value is -1.03. The number of nitrogens with zero attached hydrogens (tertiary/aromatic N) is 3. The van der Waals surface area contributed by atoms with Gasteiger partial charge in [-0.2, -0.15) is 4.98 Å². The highest BCUT2D eigenvalue weighted by Crippen LogP contribution is 2.00. The molecule has 0 aromatic carbocycles. The Kier molecular flexibility index (Phi) is 5.20. The van der Waals surface area contributed by atoms with E-state index in [9.17, 15) is 0 Å². The van der Waals surface area contributed by atoms with Gasteiger partial charge >= 0.3 is 0 Å². The summed E-state index contributed by atoms with van der Waals surface area (Å²) in [6.45, 7) is 0. The Morgan fingerprint density at radius 3 is 1.91 bits per heavy atom. The predicted octanol–water partition coefficient (Wildman–Crippen LogP) is 1.08. The van der Waals surface area contributed by atoms with Crippen molar-refractivity contribution >= 4 is 29.3 Å². The Morgan fingerprint density at radius 2 is 1.73 bits per heavy atom. The van der Waals surface area contributed by atoms with Gasteiger partial charge in [0.25, 0.3) is 0 Å². The van der Waals surface area contributed by atoms with Crippen molar-refractivity contribution in [1.82, 2.24) is 15.0 Å². The van der Waals surface area contributed by atoms with Gasteiger partial charge in [-0.1, -0.05) is 0 Å². The number of hydrogen-bond acceptors (Lipinski definition) is 5. The summed E-state index contributed by atoms with van der Waals surface area (Å²) in [5, 5.41) is 5.63. The number of carbonyl (C=O) groups excluding carboxylic acids is 1. The lowest BCUT2D eigenvalue weighted by Gasteiger charge is -1.84. The maximum absolute atomic E-state index is 8.35. The van der Waals surface area contributed by atoms with Gasteiger partial charge in [-0.3, -0.25) is 0 Å². The van der Waals surface area contributed by atoms with Crippen LogP contribution in [0.25, 0.3) is 0 Å². The van der Waals surface area contributed by atoms with E-state index in [2.05, 4.69) is 15.0 Å². The van der Waals surface area contributed by atoms with E-state index in [-0.39, 0.29) is 10.6 Å². The van der Waals surface area contributed by atoms with Crippen LogP contribution in [-0.2, 0) is 4.79 Å². The molecule has 11 heavy (non-hydrogen) atoms. The second kappa shape index (κ2) is 5.73. The van der Waals surface area contributed by atoms with E-state index in [0.717, 1.165) is 6.08 Å². The third-order valence-corrected chi connectivity index (χ3v) is 0.877. The first kappa shape index (κ1) is 9.97. The van der Waals surface area contributed by atoms with Crippen LogP contribution in [0.1, 0.15) is 0 Å². The number of hydrogen-bond donors (Lipinski definition) is 1. The van der Waals surface area contributed by atoms with Crippen LogP contribution < -0.4 is 0 Å². The molecule has 7 heteroatoms. The zero-order valence-electron chi connectivity index (χ0n) is 5.08. The fraction of sp³-hybridized carbons (Fsp3) is 0. The SMILES string of the molecule is Clc1ncnc(Cl)n1.N=C=O. The molecule has 0 radical (unpaired) electrons. The molecule has 1 aromatic rings. The van der Waals surface area contributed by atoms with Crippen molar-refractivity contribution in [1.29, 1.82) is 5.41 Å². The normalized spacial score (nSPS) is 7.45. The second-order valence-electron chi connectivity index (χ2n) is 1.13. The van der Waals surface area contributed by atoms with Crippen molar-refractivity contribution in [3.05, 3.63) is 16.9 Å². The highest BCUT2D eigenvalue weighted by molar-refractivity contribution is 6.30. The standard InChI is InChI=1S/C3HCl2N3.CHNO/c4-2-6-1-7-3(5)8-2;2-1-3/h1H;2H. The molecule has 0 atom stereocenters. The average molecular weight is 193 g/mol. The Bertz CT molecular complexity index is 243. The molecule has 0 aliphatic carbocycles. The van der Waals surface area contributed by atoms with E-state index in [4.69, 9.17) is 33.4 Å². The fourth-order valence-corrected chi connectivity index (χ4v) is 0.549. The zero-order valence-corrected chi connectivity index (χ0v) is 6.60. The maximum atomic E-state index is 8.35. The van der Waals surface area contributed by atoms with Crippen molar-refractivity contribution in [2.75, 3.05) is 0 Å². The summed E-state index contributed by atoms with van der Waals surface area (Å²) in [6, 6.07) is 0. The molecule has 0 aliphatic heterocycles. The maximum Gasteiger partial charge on any atom is 0.231 e. The summed E-state index contributed by atoms with van der Waals surface area (Å²) < 4.78 is 0. The molecule has 0 spiro atoms. The zero-order chi connectivity index (χ0) is 8.69. The molecular weight excluding hydrogens is 191 g/mol. The van der Waals surface area contributed by atoms with E-state index in [1.165, 1.54) is 6.33 Å². The van der Waals surface area contributed by atoms with Gasteiger partial charge in [-0.15, -0.1) is 0 Å². The highest BCUT2D eigenvalue weighted by Gasteiger charge is 1.89. The van der Waals surface area contributed by atoms with Gasteiger partial charge in [-0.25, -0.2) is 20.2 Å². The second-order valence-corrected chi connectivity index (χ2v) is 1.80. The van der Waals surface area contributed by atoms with Crippen LogP contribution in [0.2, 0.25) is 10.6 Å². The number of isocyanates is 1. The van der Waals surface area contributed by atoms with Gasteiger partial charge in [0.1, 0.15) is 6.33 Å². The third-order valence-electron chi connectivity index (χ3n) is 0.513. The van der Waals surface area contributed by atoms with E-state index < -0.39 is 0 Å². The van der Waals surface area contributed by atoms with Crippen molar-refractivity contribution in [2.24, 2.45) is 0 Å². The minimum atomic E-state index is 0.116. The molecule has 0 saturated heterocycles. The fourth-order valence-electron chi connectivity index (χ4n) is 0.258. The van der Waals surface area contributed by atoms with Crippen LogP contribution in [0, 0.1) is 5.41 Å². The van der Waals surface area contributed by atoms with Crippen LogP contribution in [0.3, 0.4) is 0 Å². The minimum Gasteiger partial charge on any atom is -0.222 e. The summed E-state index contributed by atoms with van der Waals surface area (Å²) in [4.78, 5) is 18.8. The third kappa shape index (κ3) is 5.42. The van der Waals surface area contributed by atoms with Crippen LogP contribution in [0.5, 0.6) is 0 Å². The molecule has 1 rings (SSSR count). The van der Waals surface area contributed by atoms with E-state index >= 15 is 0 Å². The lowest BCUT2D eigenvalue weighted by Crippen LogP contribution is -1.83. The van der Waals surface area contributed by atoms with Crippen molar-refractivity contribution in [2.45, 2.75) is 0 Å². The molecule has 0 aliphatic rings. The van der Waals surface area contributed by atoms with Gasteiger partial charge in [0.15, 0.2) is 0 Å². The molecule has 0 fully saturated rings. The van der Waals surface area contributed by atoms with Gasteiger partial charge in [-0.05, 0) is 23.2 Å². The minimum absolute atomic E-state index is 0.116. The van der Waals surface area contributed by atoms with Gasteiger partial charge in [0.05, 0.1) is 0 Å². The molecule has 1 heterocycles. The lowest BCUT2D eigenvalue weighted by molar-refractivity contribution is 0.563. The van der Waals surface area contributed by atoms with Gasteiger partial charge in [0.2, 0.25) is 16.6 Å². The molecule has 1 N–H and O–H groups in total. The number of rotatable bonds is 0. The van der Waals surface area contributed by atoms with Crippen molar-refractivity contribution < 1.29 is 4.79 Å². The largest absolute Gasteiger partial charge is 0.231 e. The number of nitrogens with one attached hydrogen (secondary N) is 1. The monoisotopic (exact) mass is 192 g/mol. The van der Waals surface area contributed by atoms with Crippen LogP contribution >= 0.6 is 23.2 Å². The summed E-state index contributed by atoms with van der Waals surface area (Å²) in [6.07, 6.45) is 2.00. The quantitative estimate of drug-likeness (QED) is 0.493. The summed E-state index contributed by atoms with van der Waals surface area (Å²) in [5.74, 6) is 0. The number of aromatic nitrogens is 3. The molecule has 0 saturated carbocycles.